The van der Waals surface area contributed by atoms with Crippen LogP contribution >= 0.6 is 0 Å². The lowest BCUT2D eigenvalue weighted by molar-refractivity contribution is -0.141. The fourth-order valence-corrected chi connectivity index (χ4v) is 2.87. The minimum Gasteiger partial charge on any atom is -0.366 e. The molecule has 8 heteroatoms. The highest BCUT2D eigenvalue weighted by molar-refractivity contribution is 6.13. The summed E-state index contributed by atoms with van der Waals surface area (Å²) in [6.45, 7) is 1.82. The van der Waals surface area contributed by atoms with Gasteiger partial charge in [0.1, 0.15) is 18.1 Å². The summed E-state index contributed by atoms with van der Waals surface area (Å²) >= 11 is 0. The summed E-state index contributed by atoms with van der Waals surface area (Å²) in [6, 6.07) is 17.9. The maximum Gasteiger partial charge on any atom is 0.433 e. The molecule has 156 valence electrons. The minimum absolute atomic E-state index is 0.0948. The summed E-state index contributed by atoms with van der Waals surface area (Å²) in [6.07, 6.45) is -5.33. The standard InChI is InChI=1S/C22H20F3N3O2/c1-2-30-21(29)20(17-13-18(22(23,24)25)27-14-26-17)28-19(15-9-5-3-6-10-15)16-11-7-4-8-12-16/h3-14,20-21,29H,2H2,1H3. The Hall–Kier alpha value is -3.10. The number of rotatable bonds is 7. The van der Waals surface area contributed by atoms with Crippen molar-refractivity contribution >= 4 is 5.71 Å². The van der Waals surface area contributed by atoms with Crippen molar-refractivity contribution < 1.29 is 23.0 Å². The molecule has 0 aliphatic rings. The highest BCUT2D eigenvalue weighted by Crippen LogP contribution is 2.30. The molecule has 0 bridgehead atoms. The van der Waals surface area contributed by atoms with Gasteiger partial charge in [0.2, 0.25) is 0 Å². The van der Waals surface area contributed by atoms with Crippen LogP contribution in [0.1, 0.15) is 35.5 Å². The maximum absolute atomic E-state index is 13.2. The molecule has 2 unspecified atom stereocenters. The van der Waals surface area contributed by atoms with Crippen LogP contribution in [0.5, 0.6) is 0 Å². The third kappa shape index (κ3) is 5.28. The molecule has 2 aromatic carbocycles. The zero-order valence-corrected chi connectivity index (χ0v) is 16.1. The van der Waals surface area contributed by atoms with Gasteiger partial charge in [-0.3, -0.25) is 4.99 Å². The second-order valence-electron chi connectivity index (χ2n) is 6.33. The smallest absolute Gasteiger partial charge is 0.366 e. The average Bonchev–Trinajstić information content (AvgIpc) is 2.75. The Labute approximate surface area is 171 Å². The number of aliphatic hydroxyl groups is 1. The van der Waals surface area contributed by atoms with Gasteiger partial charge in [0.15, 0.2) is 6.29 Å². The number of halogens is 3. The monoisotopic (exact) mass is 415 g/mol. The van der Waals surface area contributed by atoms with Gasteiger partial charge in [0.05, 0.1) is 11.4 Å². The molecule has 3 rings (SSSR count). The van der Waals surface area contributed by atoms with E-state index in [1.165, 1.54) is 0 Å². The molecule has 0 saturated carbocycles. The van der Waals surface area contributed by atoms with E-state index in [0.29, 0.717) is 5.71 Å². The quantitative estimate of drug-likeness (QED) is 0.458. The predicted octanol–water partition coefficient (Wildman–Crippen LogP) is 4.43. The molecule has 0 spiro atoms. The van der Waals surface area contributed by atoms with E-state index < -0.39 is 24.2 Å². The highest BCUT2D eigenvalue weighted by atomic mass is 19.4. The summed E-state index contributed by atoms with van der Waals surface area (Å²) in [5.41, 5.74) is 0.761. The lowest BCUT2D eigenvalue weighted by Crippen LogP contribution is -2.24. The van der Waals surface area contributed by atoms with E-state index in [1.54, 1.807) is 6.92 Å². The van der Waals surface area contributed by atoms with Crippen molar-refractivity contribution in [2.45, 2.75) is 25.4 Å². The third-order valence-electron chi connectivity index (χ3n) is 4.25. The van der Waals surface area contributed by atoms with Crippen LogP contribution < -0.4 is 0 Å². The van der Waals surface area contributed by atoms with Crippen LogP contribution in [0.15, 0.2) is 78.0 Å². The summed E-state index contributed by atoms with van der Waals surface area (Å²) in [7, 11) is 0. The molecular formula is C22H20F3N3O2. The SMILES string of the molecule is CCOC(O)C(N=C(c1ccccc1)c1ccccc1)c1cc(C(F)(F)F)ncn1. The topological polar surface area (TPSA) is 67.6 Å². The Morgan fingerprint density at radius 2 is 1.57 bits per heavy atom. The molecular weight excluding hydrogens is 395 g/mol. The van der Waals surface area contributed by atoms with Gasteiger partial charge in [-0.2, -0.15) is 13.2 Å². The van der Waals surface area contributed by atoms with Crippen LogP contribution in [0, 0.1) is 0 Å². The van der Waals surface area contributed by atoms with Crippen LogP contribution in [-0.2, 0) is 10.9 Å². The molecule has 1 heterocycles. The first kappa shape index (κ1) is 21.6. The minimum atomic E-state index is -4.65. The van der Waals surface area contributed by atoms with Crippen molar-refractivity contribution in [1.82, 2.24) is 9.97 Å². The van der Waals surface area contributed by atoms with Crippen molar-refractivity contribution in [2.75, 3.05) is 6.61 Å². The van der Waals surface area contributed by atoms with E-state index in [-0.39, 0.29) is 12.3 Å². The van der Waals surface area contributed by atoms with Crippen molar-refractivity contribution in [3.8, 4) is 0 Å². The van der Waals surface area contributed by atoms with Gasteiger partial charge in [0, 0.05) is 17.7 Å². The van der Waals surface area contributed by atoms with Crippen LogP contribution in [0.4, 0.5) is 13.2 Å². The molecule has 30 heavy (non-hydrogen) atoms. The molecule has 2 atom stereocenters. The number of alkyl halides is 3. The van der Waals surface area contributed by atoms with E-state index in [0.717, 1.165) is 23.5 Å². The number of hydrogen-bond acceptors (Lipinski definition) is 5. The largest absolute Gasteiger partial charge is 0.433 e. The van der Waals surface area contributed by atoms with Crippen molar-refractivity contribution in [3.05, 3.63) is 95.6 Å². The number of aliphatic imine (C=N–C) groups is 1. The van der Waals surface area contributed by atoms with Gasteiger partial charge < -0.3 is 9.84 Å². The van der Waals surface area contributed by atoms with Gasteiger partial charge in [-0.1, -0.05) is 60.7 Å². The summed E-state index contributed by atoms with van der Waals surface area (Å²) in [5, 5.41) is 10.5. The van der Waals surface area contributed by atoms with Crippen molar-refractivity contribution in [1.29, 1.82) is 0 Å². The predicted molar refractivity (Wildman–Crippen MR) is 106 cm³/mol. The van der Waals surface area contributed by atoms with E-state index in [1.807, 2.05) is 60.7 Å². The molecule has 1 N–H and O–H groups in total. The molecule has 5 nitrogen and oxygen atoms in total. The number of ether oxygens (including phenoxy) is 1. The molecule has 1 aromatic heterocycles. The van der Waals surface area contributed by atoms with Gasteiger partial charge in [-0.15, -0.1) is 0 Å². The molecule has 0 fully saturated rings. The third-order valence-corrected chi connectivity index (χ3v) is 4.25. The Bertz CT molecular complexity index is 938. The zero-order chi connectivity index (χ0) is 21.6. The molecule has 3 aromatic rings. The van der Waals surface area contributed by atoms with Gasteiger partial charge in [-0.05, 0) is 13.0 Å². The maximum atomic E-state index is 13.2. The summed E-state index contributed by atoms with van der Waals surface area (Å²) in [4.78, 5) is 11.8. The first-order valence-electron chi connectivity index (χ1n) is 9.27. The number of hydrogen-bond donors (Lipinski definition) is 1. The lowest BCUT2D eigenvalue weighted by Gasteiger charge is -2.21. The van der Waals surface area contributed by atoms with Crippen molar-refractivity contribution in [3.63, 3.8) is 0 Å². The van der Waals surface area contributed by atoms with Crippen LogP contribution in [-0.4, -0.2) is 33.7 Å². The van der Waals surface area contributed by atoms with E-state index in [2.05, 4.69) is 15.0 Å². The second-order valence-corrected chi connectivity index (χ2v) is 6.33. The Kier molecular flexibility index (Phi) is 6.91. The van der Waals surface area contributed by atoms with Crippen LogP contribution in [0.2, 0.25) is 0 Å². The lowest BCUT2D eigenvalue weighted by atomic mass is 10.0. The molecule has 0 aliphatic heterocycles. The summed E-state index contributed by atoms with van der Waals surface area (Å²) < 4.78 is 44.7. The fourth-order valence-electron chi connectivity index (χ4n) is 2.87. The number of aliphatic hydroxyl groups excluding tert-OH is 1. The molecule has 0 amide bonds. The van der Waals surface area contributed by atoms with Crippen LogP contribution in [0.25, 0.3) is 0 Å². The summed E-state index contributed by atoms with van der Waals surface area (Å²) in [5.74, 6) is 0. The van der Waals surface area contributed by atoms with Gasteiger partial charge in [-0.25, -0.2) is 9.97 Å². The second kappa shape index (κ2) is 9.60. The number of aromatic nitrogens is 2. The Morgan fingerprint density at radius 1 is 1.00 bits per heavy atom. The Balaban J connectivity index is 2.15. The Morgan fingerprint density at radius 3 is 2.07 bits per heavy atom. The number of nitrogens with zero attached hydrogens (tertiary/aromatic N) is 3. The normalized spacial score (nSPS) is 13.5. The number of benzene rings is 2. The van der Waals surface area contributed by atoms with Crippen LogP contribution in [0.3, 0.4) is 0 Å². The van der Waals surface area contributed by atoms with E-state index >= 15 is 0 Å². The first-order chi connectivity index (χ1) is 14.4. The van der Waals surface area contributed by atoms with Crippen molar-refractivity contribution in [2.24, 2.45) is 4.99 Å². The molecule has 0 radical (unpaired) electrons. The molecule has 0 saturated heterocycles. The van der Waals surface area contributed by atoms with Gasteiger partial charge in [0.25, 0.3) is 0 Å². The van der Waals surface area contributed by atoms with E-state index in [9.17, 15) is 18.3 Å². The molecule has 0 aliphatic carbocycles. The average molecular weight is 415 g/mol. The highest BCUT2D eigenvalue weighted by Gasteiger charge is 2.34. The van der Waals surface area contributed by atoms with E-state index in [4.69, 9.17) is 4.74 Å². The zero-order valence-electron chi connectivity index (χ0n) is 16.1. The first-order valence-corrected chi connectivity index (χ1v) is 9.27. The fraction of sp³-hybridized carbons (Fsp3) is 0.227. The van der Waals surface area contributed by atoms with Gasteiger partial charge >= 0.3 is 6.18 Å².